The highest BCUT2D eigenvalue weighted by atomic mass is 31.2. The van der Waals surface area contributed by atoms with Gasteiger partial charge >= 0.3 is 19.8 Å². The summed E-state index contributed by atoms with van der Waals surface area (Å²) in [5.41, 5.74) is 5.32. The Balaban J connectivity index is 2.44. The number of nitrogens with two attached hydrogens (primary N) is 1. The number of esters is 2. The van der Waals surface area contributed by atoms with Crippen molar-refractivity contribution in [1.29, 1.82) is 0 Å². The first kappa shape index (κ1) is 46.6. The molecule has 11 nitrogen and oxygen atoms in total. The lowest BCUT2D eigenvalue weighted by molar-refractivity contribution is -0.161. The SMILES string of the molecule is CCCC/C=C\CCCCCCCC(=O)O[C@H](COC(=O)CCC/C=C\C[C@H]1C=CC(=O)[C@@H]1/C=C/[C@@H](O)CCCCC)COP(=O)(O)OCCN. The number of allylic oxidation sites excluding steroid dienone is 7. The van der Waals surface area contributed by atoms with Crippen LogP contribution in [-0.4, -0.2) is 66.3 Å². The van der Waals surface area contributed by atoms with Gasteiger partial charge in [-0.15, -0.1) is 0 Å². The summed E-state index contributed by atoms with van der Waals surface area (Å²) in [5.74, 6) is -1.20. The topological polar surface area (TPSA) is 172 Å². The molecule has 292 valence electrons. The van der Waals surface area contributed by atoms with Gasteiger partial charge in [-0.05, 0) is 63.4 Å². The molecule has 0 radical (unpaired) electrons. The molecule has 0 aliphatic heterocycles. The largest absolute Gasteiger partial charge is 0.472 e. The number of hydrogen-bond acceptors (Lipinski definition) is 10. The van der Waals surface area contributed by atoms with Gasteiger partial charge in [-0.1, -0.05) is 108 Å². The lowest BCUT2D eigenvalue weighted by Gasteiger charge is -2.19. The van der Waals surface area contributed by atoms with Crippen LogP contribution in [0.3, 0.4) is 0 Å². The molecule has 0 saturated carbocycles. The minimum atomic E-state index is -4.42. The van der Waals surface area contributed by atoms with E-state index in [0.29, 0.717) is 32.1 Å². The molecule has 1 unspecified atom stereocenters. The van der Waals surface area contributed by atoms with E-state index in [1.807, 2.05) is 24.3 Å². The number of aliphatic hydroxyl groups is 1. The van der Waals surface area contributed by atoms with E-state index in [1.165, 1.54) is 12.8 Å². The standard InChI is InChI=1S/C39H66NO10P/c1-3-5-7-8-9-10-11-12-13-14-20-24-39(44)50-35(32-49-51(45,46)48-30-29-40)31-47-38(43)23-19-16-15-18-21-33-25-28-37(42)36(33)27-26-34(41)22-17-6-4-2/h8-9,15,18,25-28,33-36,41H,3-7,10-14,16-17,19-24,29-32,40H2,1-2H3,(H,45,46)/b9-8-,18-15-,27-26+/t33-,34-,35+,36+/m0/s1. The molecule has 0 aromatic rings. The zero-order valence-electron chi connectivity index (χ0n) is 31.2. The number of carbonyl (C=O) groups excluding carboxylic acids is 3. The highest BCUT2D eigenvalue weighted by Crippen LogP contribution is 2.43. The van der Waals surface area contributed by atoms with Crippen LogP contribution < -0.4 is 5.73 Å². The molecule has 0 heterocycles. The maximum absolute atomic E-state index is 12.5. The summed E-state index contributed by atoms with van der Waals surface area (Å²) in [4.78, 5) is 47.1. The number of ether oxygens (including phenoxy) is 2. The molecular weight excluding hydrogens is 673 g/mol. The van der Waals surface area contributed by atoms with Gasteiger partial charge in [0.1, 0.15) is 6.61 Å². The second-order valence-corrected chi connectivity index (χ2v) is 14.6. The highest BCUT2D eigenvalue weighted by Gasteiger charge is 2.27. The first-order chi connectivity index (χ1) is 24.6. The third kappa shape index (κ3) is 25.3. The zero-order chi connectivity index (χ0) is 37.6. The Morgan fingerprint density at radius 1 is 0.863 bits per heavy atom. The molecule has 0 amide bonds. The minimum absolute atomic E-state index is 0.0220. The molecule has 1 aliphatic carbocycles. The van der Waals surface area contributed by atoms with Gasteiger partial charge in [-0.2, -0.15) is 0 Å². The maximum atomic E-state index is 12.5. The number of phosphoric ester groups is 1. The Bertz CT molecular complexity index is 1120. The van der Waals surface area contributed by atoms with Gasteiger partial charge < -0.3 is 25.2 Å². The van der Waals surface area contributed by atoms with E-state index in [0.717, 1.165) is 57.8 Å². The van der Waals surface area contributed by atoms with Gasteiger partial charge in [0.15, 0.2) is 11.9 Å². The van der Waals surface area contributed by atoms with Crippen molar-refractivity contribution in [3.63, 3.8) is 0 Å². The predicted molar refractivity (Wildman–Crippen MR) is 201 cm³/mol. The lowest BCUT2D eigenvalue weighted by atomic mass is 9.90. The number of rotatable bonds is 32. The van der Waals surface area contributed by atoms with Crippen molar-refractivity contribution in [3.8, 4) is 0 Å². The summed E-state index contributed by atoms with van der Waals surface area (Å²) in [5, 5.41) is 10.2. The Morgan fingerprint density at radius 2 is 1.53 bits per heavy atom. The average molecular weight is 740 g/mol. The number of phosphoric acid groups is 1. The normalized spacial score (nSPS) is 18.6. The van der Waals surface area contributed by atoms with Gasteiger partial charge in [-0.3, -0.25) is 23.4 Å². The number of unbranched alkanes of at least 4 members (excludes halogenated alkanes) is 10. The van der Waals surface area contributed by atoms with Gasteiger partial charge in [0.2, 0.25) is 0 Å². The van der Waals surface area contributed by atoms with E-state index < -0.39 is 38.6 Å². The predicted octanol–water partition coefficient (Wildman–Crippen LogP) is 8.00. The second kappa shape index (κ2) is 30.1. The van der Waals surface area contributed by atoms with Gasteiger partial charge in [-0.25, -0.2) is 4.57 Å². The van der Waals surface area contributed by atoms with Crippen molar-refractivity contribution in [3.05, 3.63) is 48.6 Å². The smallest absolute Gasteiger partial charge is 0.462 e. The first-order valence-electron chi connectivity index (χ1n) is 19.2. The van der Waals surface area contributed by atoms with Crippen molar-refractivity contribution < 1.29 is 47.5 Å². The van der Waals surface area contributed by atoms with Crippen LogP contribution in [0.2, 0.25) is 0 Å². The number of aliphatic hydroxyl groups excluding tert-OH is 1. The summed E-state index contributed by atoms with van der Waals surface area (Å²) >= 11 is 0. The number of hydrogen-bond donors (Lipinski definition) is 3. The Kier molecular flexibility index (Phi) is 27.5. The van der Waals surface area contributed by atoms with Crippen LogP contribution in [-0.2, 0) is 37.5 Å². The summed E-state index contributed by atoms with van der Waals surface area (Å²) < 4.78 is 32.6. The molecule has 12 heteroatoms. The van der Waals surface area contributed by atoms with Crippen molar-refractivity contribution in [2.45, 2.75) is 142 Å². The van der Waals surface area contributed by atoms with E-state index in [1.54, 1.807) is 12.2 Å². The molecule has 0 aromatic carbocycles. The molecule has 4 N–H and O–H groups in total. The maximum Gasteiger partial charge on any atom is 0.472 e. The molecule has 0 saturated heterocycles. The molecule has 0 spiro atoms. The van der Waals surface area contributed by atoms with Gasteiger partial charge in [0.05, 0.1) is 19.3 Å². The van der Waals surface area contributed by atoms with Crippen LogP contribution in [0.15, 0.2) is 48.6 Å². The molecule has 1 aliphatic rings. The summed E-state index contributed by atoms with van der Waals surface area (Å²) in [7, 11) is -4.42. The van der Waals surface area contributed by atoms with Gasteiger partial charge in [0.25, 0.3) is 0 Å². The quantitative estimate of drug-likeness (QED) is 0.0264. The van der Waals surface area contributed by atoms with Crippen LogP contribution in [0.5, 0.6) is 0 Å². The summed E-state index contributed by atoms with van der Waals surface area (Å²) in [6.07, 6.45) is 29.2. The van der Waals surface area contributed by atoms with Crippen molar-refractivity contribution in [1.82, 2.24) is 0 Å². The fourth-order valence-electron chi connectivity index (χ4n) is 5.43. The molecule has 0 bridgehead atoms. The van der Waals surface area contributed by atoms with Crippen LogP contribution >= 0.6 is 7.82 Å². The van der Waals surface area contributed by atoms with E-state index in [9.17, 15) is 28.9 Å². The van der Waals surface area contributed by atoms with Crippen molar-refractivity contribution in [2.75, 3.05) is 26.4 Å². The first-order valence-corrected chi connectivity index (χ1v) is 20.7. The molecule has 0 aromatic heterocycles. The Hall–Kier alpha value is -2.40. The second-order valence-electron chi connectivity index (χ2n) is 13.1. The Morgan fingerprint density at radius 3 is 2.27 bits per heavy atom. The van der Waals surface area contributed by atoms with Crippen molar-refractivity contribution >= 4 is 25.5 Å². The lowest BCUT2D eigenvalue weighted by Crippen LogP contribution is -2.29. The van der Waals surface area contributed by atoms with E-state index in [2.05, 4.69) is 26.0 Å². The zero-order valence-corrected chi connectivity index (χ0v) is 32.1. The Labute approximate surface area is 306 Å². The minimum Gasteiger partial charge on any atom is -0.462 e. The van der Waals surface area contributed by atoms with E-state index in [4.69, 9.17) is 24.3 Å². The molecule has 0 fully saturated rings. The molecule has 5 atom stereocenters. The monoisotopic (exact) mass is 739 g/mol. The van der Waals surface area contributed by atoms with E-state index >= 15 is 0 Å². The number of carbonyl (C=O) groups is 3. The van der Waals surface area contributed by atoms with Crippen LogP contribution in [0.1, 0.15) is 129 Å². The van der Waals surface area contributed by atoms with Crippen LogP contribution in [0.25, 0.3) is 0 Å². The third-order valence-electron chi connectivity index (χ3n) is 8.44. The molecular formula is C39H66NO10P. The van der Waals surface area contributed by atoms with Gasteiger partial charge in [0, 0.05) is 25.3 Å². The molecule has 51 heavy (non-hydrogen) atoms. The van der Waals surface area contributed by atoms with E-state index in [-0.39, 0.29) is 50.2 Å². The fourth-order valence-corrected chi connectivity index (χ4v) is 6.19. The van der Waals surface area contributed by atoms with Crippen LogP contribution in [0.4, 0.5) is 0 Å². The molecule has 1 rings (SSSR count). The third-order valence-corrected chi connectivity index (χ3v) is 9.42. The summed E-state index contributed by atoms with van der Waals surface area (Å²) in [6, 6.07) is 0. The highest BCUT2D eigenvalue weighted by molar-refractivity contribution is 7.47. The number of ketones is 1. The fraction of sp³-hybridized carbons (Fsp3) is 0.718. The summed E-state index contributed by atoms with van der Waals surface area (Å²) in [6.45, 7) is 3.32. The average Bonchev–Trinajstić information content (AvgIpc) is 3.46. The van der Waals surface area contributed by atoms with Crippen molar-refractivity contribution in [2.24, 2.45) is 17.6 Å². The van der Waals surface area contributed by atoms with Crippen LogP contribution in [0, 0.1) is 11.8 Å².